The number of aromatic carboxylic acids is 2. The Labute approximate surface area is 244 Å². The molecular formula is C34H33N3O5. The van der Waals surface area contributed by atoms with Crippen LogP contribution in [0, 0.1) is 6.92 Å². The predicted molar refractivity (Wildman–Crippen MR) is 161 cm³/mol. The van der Waals surface area contributed by atoms with Gasteiger partial charge in [0.05, 0.1) is 22.5 Å². The standard InChI is InChI=1S/C34H33N3O5/c1-23-4-3-17-35-30(23)21-36-18-15-34(2,16-19-36)29-20-27(33(41)42)11-14-31(29)37(22-38)28-12-9-25(10-13-28)24-5-7-26(8-6-24)32(39)40/h3-14,17,20,22H,15-16,18-19,21H2,1-2H3,(H,39,40)(H,41,42). The van der Waals surface area contributed by atoms with Crippen LogP contribution in [-0.4, -0.2) is 51.5 Å². The first-order valence-electron chi connectivity index (χ1n) is 13.9. The largest absolute Gasteiger partial charge is 0.478 e. The molecule has 1 aromatic heterocycles. The minimum atomic E-state index is -1.01. The topological polar surface area (TPSA) is 111 Å². The molecule has 8 nitrogen and oxygen atoms in total. The molecular weight excluding hydrogens is 530 g/mol. The average molecular weight is 564 g/mol. The number of hydrogen-bond donors (Lipinski definition) is 2. The van der Waals surface area contributed by atoms with Crippen LogP contribution in [0.3, 0.4) is 0 Å². The second-order valence-electron chi connectivity index (χ2n) is 11.0. The number of hydrogen-bond acceptors (Lipinski definition) is 5. The summed E-state index contributed by atoms with van der Waals surface area (Å²) in [6.07, 6.45) is 4.17. The van der Waals surface area contributed by atoms with E-state index in [0.29, 0.717) is 11.4 Å². The van der Waals surface area contributed by atoms with E-state index in [1.54, 1.807) is 47.4 Å². The zero-order valence-electron chi connectivity index (χ0n) is 23.7. The highest BCUT2D eigenvalue weighted by Gasteiger charge is 2.35. The highest BCUT2D eigenvalue weighted by Crippen LogP contribution is 2.42. The van der Waals surface area contributed by atoms with E-state index in [4.69, 9.17) is 5.11 Å². The van der Waals surface area contributed by atoms with E-state index in [0.717, 1.165) is 66.8 Å². The molecule has 0 unspecified atom stereocenters. The van der Waals surface area contributed by atoms with Gasteiger partial charge in [-0.25, -0.2) is 9.59 Å². The molecule has 0 aliphatic carbocycles. The van der Waals surface area contributed by atoms with Crippen LogP contribution < -0.4 is 4.90 Å². The Morgan fingerprint density at radius 2 is 1.50 bits per heavy atom. The van der Waals surface area contributed by atoms with Gasteiger partial charge in [-0.05, 0) is 109 Å². The maximum atomic E-state index is 12.5. The third kappa shape index (κ3) is 5.94. The van der Waals surface area contributed by atoms with Crippen LogP contribution in [0.1, 0.15) is 57.3 Å². The molecule has 2 heterocycles. The van der Waals surface area contributed by atoms with Crippen molar-refractivity contribution in [3.8, 4) is 11.1 Å². The van der Waals surface area contributed by atoms with E-state index in [9.17, 15) is 19.5 Å². The van der Waals surface area contributed by atoms with E-state index < -0.39 is 11.9 Å². The summed E-state index contributed by atoms with van der Waals surface area (Å²) in [5.74, 6) is -1.99. The molecule has 4 aromatic rings. The van der Waals surface area contributed by atoms with Gasteiger partial charge in [-0.1, -0.05) is 37.3 Å². The second kappa shape index (κ2) is 12.0. The van der Waals surface area contributed by atoms with Crippen molar-refractivity contribution in [1.29, 1.82) is 0 Å². The number of likely N-dealkylation sites (tertiary alicyclic amines) is 1. The first kappa shape index (κ1) is 28.7. The Kier molecular flexibility index (Phi) is 8.17. The van der Waals surface area contributed by atoms with E-state index in [2.05, 4.69) is 29.8 Å². The fourth-order valence-corrected chi connectivity index (χ4v) is 5.61. The fraction of sp³-hybridized carbons (Fsp3) is 0.235. The lowest BCUT2D eigenvalue weighted by atomic mass is 9.73. The minimum Gasteiger partial charge on any atom is -0.478 e. The fourth-order valence-electron chi connectivity index (χ4n) is 5.61. The molecule has 42 heavy (non-hydrogen) atoms. The number of pyridine rings is 1. The minimum absolute atomic E-state index is 0.188. The van der Waals surface area contributed by atoms with Gasteiger partial charge in [-0.15, -0.1) is 0 Å². The predicted octanol–water partition coefficient (Wildman–Crippen LogP) is 6.30. The van der Waals surface area contributed by atoms with E-state index in [1.807, 2.05) is 36.5 Å². The molecule has 0 atom stereocenters. The number of carbonyl (C=O) groups is 3. The average Bonchev–Trinajstić information content (AvgIpc) is 3.00. The Morgan fingerprint density at radius 1 is 0.905 bits per heavy atom. The molecule has 214 valence electrons. The molecule has 1 amide bonds. The quantitative estimate of drug-likeness (QED) is 0.230. The van der Waals surface area contributed by atoms with Crippen LogP contribution >= 0.6 is 0 Å². The zero-order chi connectivity index (χ0) is 29.9. The number of benzene rings is 3. The molecule has 0 saturated carbocycles. The highest BCUT2D eigenvalue weighted by atomic mass is 16.4. The van der Waals surface area contributed by atoms with Gasteiger partial charge in [0.25, 0.3) is 0 Å². The van der Waals surface area contributed by atoms with E-state index in [-0.39, 0.29) is 16.5 Å². The van der Waals surface area contributed by atoms with Crippen LogP contribution in [0.5, 0.6) is 0 Å². The summed E-state index contributed by atoms with van der Waals surface area (Å²) in [7, 11) is 0. The summed E-state index contributed by atoms with van der Waals surface area (Å²) in [5.41, 5.74) is 6.15. The SMILES string of the molecule is Cc1cccnc1CN1CCC(C)(c2cc(C(=O)O)ccc2N(C=O)c2ccc(-c3ccc(C(=O)O)cc3)cc2)CC1. The number of aromatic nitrogens is 1. The van der Waals surface area contributed by atoms with Gasteiger partial charge in [0.15, 0.2) is 0 Å². The maximum Gasteiger partial charge on any atom is 0.335 e. The molecule has 3 aromatic carbocycles. The molecule has 1 saturated heterocycles. The van der Waals surface area contributed by atoms with Gasteiger partial charge in [0, 0.05) is 18.4 Å². The third-order valence-corrected chi connectivity index (χ3v) is 8.32. The summed E-state index contributed by atoms with van der Waals surface area (Å²) < 4.78 is 0. The smallest absolute Gasteiger partial charge is 0.335 e. The number of anilines is 2. The molecule has 1 aliphatic rings. The number of rotatable bonds is 9. The molecule has 0 spiro atoms. The second-order valence-corrected chi connectivity index (χ2v) is 11.0. The summed E-state index contributed by atoms with van der Waals surface area (Å²) in [4.78, 5) is 44.2. The lowest BCUT2D eigenvalue weighted by Gasteiger charge is -2.41. The number of aryl methyl sites for hydroxylation is 1. The first-order valence-corrected chi connectivity index (χ1v) is 13.9. The highest BCUT2D eigenvalue weighted by molar-refractivity contribution is 5.93. The number of carboxylic acid groups (broad SMARTS) is 2. The Bertz CT molecular complexity index is 1610. The Balaban J connectivity index is 1.42. The van der Waals surface area contributed by atoms with Gasteiger partial charge >= 0.3 is 11.9 Å². The van der Waals surface area contributed by atoms with Gasteiger partial charge in [0.2, 0.25) is 6.41 Å². The maximum absolute atomic E-state index is 12.5. The van der Waals surface area contributed by atoms with Gasteiger partial charge in [-0.3, -0.25) is 19.6 Å². The molecule has 0 radical (unpaired) electrons. The number of nitrogens with zero attached hydrogens (tertiary/aromatic N) is 3. The number of carbonyl (C=O) groups excluding carboxylic acids is 1. The van der Waals surface area contributed by atoms with Crippen LogP contribution in [0.25, 0.3) is 11.1 Å². The normalized spacial score (nSPS) is 14.7. The monoisotopic (exact) mass is 563 g/mol. The van der Waals surface area contributed by atoms with Crippen molar-refractivity contribution in [2.45, 2.75) is 38.6 Å². The van der Waals surface area contributed by atoms with Crippen molar-refractivity contribution < 1.29 is 24.6 Å². The molecule has 5 rings (SSSR count). The summed E-state index contributed by atoms with van der Waals surface area (Å²) in [6.45, 7) is 6.61. The zero-order valence-corrected chi connectivity index (χ0v) is 23.7. The van der Waals surface area contributed by atoms with E-state index in [1.165, 1.54) is 0 Å². The summed E-state index contributed by atoms with van der Waals surface area (Å²) in [5, 5.41) is 19.0. The molecule has 0 bridgehead atoms. The lowest BCUT2D eigenvalue weighted by molar-refractivity contribution is -0.106. The molecule has 1 aliphatic heterocycles. The van der Waals surface area contributed by atoms with Gasteiger partial charge < -0.3 is 10.2 Å². The van der Waals surface area contributed by atoms with E-state index >= 15 is 0 Å². The Morgan fingerprint density at radius 3 is 2.07 bits per heavy atom. The van der Waals surface area contributed by atoms with Crippen LogP contribution in [0.2, 0.25) is 0 Å². The number of piperidine rings is 1. The van der Waals surface area contributed by atoms with Gasteiger partial charge in [-0.2, -0.15) is 0 Å². The Hall–Kier alpha value is -4.82. The van der Waals surface area contributed by atoms with Crippen molar-refractivity contribution in [2.75, 3.05) is 18.0 Å². The molecule has 2 N–H and O–H groups in total. The first-order chi connectivity index (χ1) is 20.2. The van der Waals surface area contributed by atoms with Crippen molar-refractivity contribution >= 4 is 29.7 Å². The number of carboxylic acids is 2. The molecule has 8 heteroatoms. The molecule has 1 fully saturated rings. The summed E-state index contributed by atoms with van der Waals surface area (Å²) >= 11 is 0. The van der Waals surface area contributed by atoms with Crippen LogP contribution in [0.4, 0.5) is 11.4 Å². The van der Waals surface area contributed by atoms with Crippen molar-refractivity contribution in [2.24, 2.45) is 0 Å². The number of amides is 1. The lowest BCUT2D eigenvalue weighted by Crippen LogP contribution is -2.41. The van der Waals surface area contributed by atoms with Crippen LogP contribution in [-0.2, 0) is 16.8 Å². The third-order valence-electron chi connectivity index (χ3n) is 8.32. The van der Waals surface area contributed by atoms with Gasteiger partial charge in [0.1, 0.15) is 0 Å². The van der Waals surface area contributed by atoms with Crippen molar-refractivity contribution in [1.82, 2.24) is 9.88 Å². The van der Waals surface area contributed by atoms with Crippen molar-refractivity contribution in [3.05, 3.63) is 113 Å². The van der Waals surface area contributed by atoms with Crippen molar-refractivity contribution in [3.63, 3.8) is 0 Å². The summed E-state index contributed by atoms with van der Waals surface area (Å²) in [6, 6.07) is 23.0. The van der Waals surface area contributed by atoms with Crippen LogP contribution in [0.15, 0.2) is 85.1 Å².